The lowest BCUT2D eigenvalue weighted by molar-refractivity contribution is -0.384. The second-order valence-electron chi connectivity index (χ2n) is 4.02. The maximum atomic E-state index is 12.2. The quantitative estimate of drug-likeness (QED) is 0.487. The largest absolute Gasteiger partial charge is 0.508 e. The molecule has 0 aliphatic heterocycles. The fraction of sp³-hybridized carbons (Fsp3) is 0. The number of sulfonamides is 1. The summed E-state index contributed by atoms with van der Waals surface area (Å²) < 4.78 is 27.2. The van der Waals surface area contributed by atoms with Gasteiger partial charge in [-0.25, -0.2) is 8.42 Å². The van der Waals surface area contributed by atoms with Crippen molar-refractivity contribution in [2.24, 2.45) is 0 Å². The highest BCUT2D eigenvalue weighted by Crippen LogP contribution is 2.30. The van der Waals surface area contributed by atoms with Gasteiger partial charge in [-0.15, -0.1) is 0 Å². The molecule has 9 heteroatoms. The van der Waals surface area contributed by atoms with E-state index in [9.17, 15) is 23.6 Å². The molecular formula is C12H9BrN2O5S. The number of hydrogen-bond donors (Lipinski definition) is 2. The molecule has 0 radical (unpaired) electrons. The first-order valence-corrected chi connectivity index (χ1v) is 7.83. The monoisotopic (exact) mass is 372 g/mol. The van der Waals surface area contributed by atoms with Crippen LogP contribution in [0.4, 0.5) is 11.4 Å². The van der Waals surface area contributed by atoms with Crippen molar-refractivity contribution in [3.05, 3.63) is 57.1 Å². The fourth-order valence-corrected chi connectivity index (χ4v) is 2.91. The van der Waals surface area contributed by atoms with Crippen LogP contribution in [0, 0.1) is 10.1 Å². The van der Waals surface area contributed by atoms with E-state index in [-0.39, 0.29) is 16.3 Å². The van der Waals surface area contributed by atoms with Crippen LogP contribution in [0.2, 0.25) is 0 Å². The number of hydrogen-bond acceptors (Lipinski definition) is 5. The van der Waals surface area contributed by atoms with Crippen LogP contribution in [-0.4, -0.2) is 18.4 Å². The number of phenolic OH excluding ortho intramolecular Hbond substituents is 1. The van der Waals surface area contributed by atoms with E-state index in [0.717, 1.165) is 18.2 Å². The maximum absolute atomic E-state index is 12.2. The summed E-state index contributed by atoms with van der Waals surface area (Å²) in [4.78, 5) is 10.1. The van der Waals surface area contributed by atoms with E-state index in [0.29, 0.717) is 4.47 Å². The van der Waals surface area contributed by atoms with Crippen molar-refractivity contribution in [1.82, 2.24) is 0 Å². The van der Waals surface area contributed by atoms with E-state index in [2.05, 4.69) is 20.7 Å². The van der Waals surface area contributed by atoms with Gasteiger partial charge in [0.2, 0.25) is 0 Å². The van der Waals surface area contributed by atoms with Crippen LogP contribution in [0.15, 0.2) is 51.8 Å². The van der Waals surface area contributed by atoms with Crippen LogP contribution in [0.5, 0.6) is 5.75 Å². The Hall–Kier alpha value is -2.13. The Bertz CT molecular complexity index is 790. The SMILES string of the molecule is O=[N+]([O-])c1cc(O)ccc1NS(=O)(=O)c1ccc(Br)cc1. The van der Waals surface area contributed by atoms with Gasteiger partial charge in [0.1, 0.15) is 11.4 Å². The molecule has 0 unspecified atom stereocenters. The molecule has 2 N–H and O–H groups in total. The number of nitro benzene ring substituents is 1. The zero-order valence-electron chi connectivity index (χ0n) is 10.4. The van der Waals surface area contributed by atoms with Gasteiger partial charge in [-0.05, 0) is 36.4 Å². The summed E-state index contributed by atoms with van der Waals surface area (Å²) >= 11 is 3.19. The number of aromatic hydroxyl groups is 1. The van der Waals surface area contributed by atoms with Crippen LogP contribution >= 0.6 is 15.9 Å². The van der Waals surface area contributed by atoms with Gasteiger partial charge in [-0.3, -0.25) is 14.8 Å². The van der Waals surface area contributed by atoms with Gasteiger partial charge in [0.25, 0.3) is 15.7 Å². The molecule has 21 heavy (non-hydrogen) atoms. The van der Waals surface area contributed by atoms with Gasteiger partial charge in [0, 0.05) is 4.47 Å². The minimum Gasteiger partial charge on any atom is -0.508 e. The highest BCUT2D eigenvalue weighted by molar-refractivity contribution is 9.10. The van der Waals surface area contributed by atoms with Crippen molar-refractivity contribution in [2.75, 3.05) is 4.72 Å². The second-order valence-corrected chi connectivity index (χ2v) is 6.62. The zero-order valence-corrected chi connectivity index (χ0v) is 12.8. The highest BCUT2D eigenvalue weighted by Gasteiger charge is 2.21. The van der Waals surface area contributed by atoms with Crippen molar-refractivity contribution in [3.63, 3.8) is 0 Å². The molecule has 0 atom stereocenters. The zero-order chi connectivity index (χ0) is 15.6. The minimum atomic E-state index is -3.96. The molecule has 0 spiro atoms. The summed E-state index contributed by atoms with van der Waals surface area (Å²) in [6.07, 6.45) is 0. The molecule has 0 amide bonds. The Labute approximate surface area is 128 Å². The lowest BCUT2D eigenvalue weighted by Crippen LogP contribution is -2.13. The lowest BCUT2D eigenvalue weighted by atomic mass is 10.2. The van der Waals surface area contributed by atoms with Gasteiger partial charge >= 0.3 is 0 Å². The second kappa shape index (κ2) is 5.70. The molecule has 0 saturated heterocycles. The van der Waals surface area contributed by atoms with Crippen LogP contribution < -0.4 is 4.72 Å². The molecule has 110 valence electrons. The van der Waals surface area contributed by atoms with Crippen molar-refractivity contribution >= 4 is 37.3 Å². The van der Waals surface area contributed by atoms with E-state index >= 15 is 0 Å². The fourth-order valence-electron chi connectivity index (χ4n) is 1.57. The van der Waals surface area contributed by atoms with E-state index in [1.165, 1.54) is 12.1 Å². The third-order valence-corrected chi connectivity index (χ3v) is 4.46. The Morgan fingerprint density at radius 1 is 1.14 bits per heavy atom. The summed E-state index contributed by atoms with van der Waals surface area (Å²) in [7, 11) is -3.96. The summed E-state index contributed by atoms with van der Waals surface area (Å²) in [6, 6.07) is 8.96. The third kappa shape index (κ3) is 3.50. The number of nitro groups is 1. The minimum absolute atomic E-state index is 0.0342. The molecule has 0 aliphatic carbocycles. The molecule has 2 aromatic carbocycles. The number of nitrogens with one attached hydrogen (secondary N) is 1. The number of halogens is 1. The number of nitrogens with zero attached hydrogens (tertiary/aromatic N) is 1. The van der Waals surface area contributed by atoms with E-state index in [4.69, 9.17) is 0 Å². The topological polar surface area (TPSA) is 110 Å². The molecular weight excluding hydrogens is 364 g/mol. The molecule has 0 aromatic heterocycles. The first-order valence-electron chi connectivity index (χ1n) is 5.55. The first-order chi connectivity index (χ1) is 9.79. The standard InChI is InChI=1S/C12H9BrN2O5S/c13-8-1-4-10(5-2-8)21(19,20)14-11-6-3-9(16)7-12(11)15(17)18/h1-7,14,16H. The molecule has 2 aromatic rings. The van der Waals surface area contributed by atoms with E-state index in [1.807, 2.05) is 0 Å². The predicted molar refractivity (Wildman–Crippen MR) is 79.7 cm³/mol. The van der Waals surface area contributed by atoms with Gasteiger partial charge in [-0.2, -0.15) is 0 Å². The Balaban J connectivity index is 2.41. The molecule has 0 aliphatic rings. The van der Waals surface area contributed by atoms with Crippen molar-refractivity contribution in [1.29, 1.82) is 0 Å². The summed E-state index contributed by atoms with van der Waals surface area (Å²) in [5, 5.41) is 20.1. The number of benzene rings is 2. The van der Waals surface area contributed by atoms with Gasteiger partial charge in [0.05, 0.1) is 15.9 Å². The van der Waals surface area contributed by atoms with Crippen LogP contribution in [-0.2, 0) is 10.0 Å². The van der Waals surface area contributed by atoms with Crippen molar-refractivity contribution in [2.45, 2.75) is 4.90 Å². The first kappa shape index (κ1) is 15.3. The average molecular weight is 373 g/mol. The molecule has 7 nitrogen and oxygen atoms in total. The van der Waals surface area contributed by atoms with Gasteiger partial charge in [0.15, 0.2) is 0 Å². The van der Waals surface area contributed by atoms with Crippen LogP contribution in [0.1, 0.15) is 0 Å². The lowest BCUT2D eigenvalue weighted by Gasteiger charge is -2.08. The molecule has 0 heterocycles. The molecule has 2 rings (SSSR count). The van der Waals surface area contributed by atoms with Gasteiger partial charge < -0.3 is 5.11 Å². The van der Waals surface area contributed by atoms with Crippen molar-refractivity contribution in [3.8, 4) is 5.75 Å². The number of anilines is 1. The predicted octanol–water partition coefficient (Wildman–Crippen LogP) is 2.86. The van der Waals surface area contributed by atoms with Crippen molar-refractivity contribution < 1.29 is 18.4 Å². The Kier molecular flexibility index (Phi) is 4.14. The summed E-state index contributed by atoms with van der Waals surface area (Å²) in [5.41, 5.74) is -0.753. The van der Waals surface area contributed by atoms with E-state index in [1.54, 1.807) is 12.1 Å². The van der Waals surface area contributed by atoms with Crippen LogP contribution in [0.3, 0.4) is 0 Å². The summed E-state index contributed by atoms with van der Waals surface area (Å²) in [5.74, 6) is -0.326. The summed E-state index contributed by atoms with van der Waals surface area (Å²) in [6.45, 7) is 0. The molecule has 0 fully saturated rings. The Morgan fingerprint density at radius 2 is 1.76 bits per heavy atom. The van der Waals surface area contributed by atoms with Gasteiger partial charge in [-0.1, -0.05) is 15.9 Å². The molecule has 0 saturated carbocycles. The highest BCUT2D eigenvalue weighted by atomic mass is 79.9. The maximum Gasteiger partial charge on any atom is 0.297 e. The molecule has 0 bridgehead atoms. The number of phenols is 1. The smallest absolute Gasteiger partial charge is 0.297 e. The van der Waals surface area contributed by atoms with Crippen LogP contribution in [0.25, 0.3) is 0 Å². The third-order valence-electron chi connectivity index (χ3n) is 2.55. The van der Waals surface area contributed by atoms with E-state index < -0.39 is 20.6 Å². The number of rotatable bonds is 4. The average Bonchev–Trinajstić information content (AvgIpc) is 2.41. The normalized spacial score (nSPS) is 11.1. The Morgan fingerprint density at radius 3 is 2.33 bits per heavy atom.